The van der Waals surface area contributed by atoms with Crippen molar-refractivity contribution in [1.82, 2.24) is 10.1 Å². The van der Waals surface area contributed by atoms with Gasteiger partial charge in [-0.15, -0.1) is 0 Å². The topological polar surface area (TPSA) is 131 Å². The minimum Gasteiger partial charge on any atom is -0.379 e. The van der Waals surface area contributed by atoms with E-state index in [1.54, 1.807) is 50.2 Å². The van der Waals surface area contributed by atoms with E-state index in [4.69, 9.17) is 4.18 Å². The molecule has 4 rings (SSSR count). The molecule has 2 N–H and O–H groups in total. The summed E-state index contributed by atoms with van der Waals surface area (Å²) in [5, 5.41) is 6.35. The van der Waals surface area contributed by atoms with Gasteiger partial charge in [-0.2, -0.15) is 8.42 Å². The van der Waals surface area contributed by atoms with Crippen molar-refractivity contribution in [2.24, 2.45) is 0 Å². The monoisotopic (exact) mass is 465 g/mol. The Morgan fingerprint density at radius 2 is 1.79 bits per heavy atom. The predicted molar refractivity (Wildman–Crippen MR) is 121 cm³/mol. The van der Waals surface area contributed by atoms with Gasteiger partial charge in [-0.3, -0.25) is 14.3 Å². The van der Waals surface area contributed by atoms with Crippen LogP contribution in [-0.2, 0) is 10.1 Å². The van der Waals surface area contributed by atoms with Crippen LogP contribution in [0.5, 0.6) is 5.75 Å². The van der Waals surface area contributed by atoms with Gasteiger partial charge >= 0.3 is 15.9 Å². The Labute approximate surface area is 189 Å². The molecule has 0 bridgehead atoms. The van der Waals surface area contributed by atoms with Gasteiger partial charge in [0.25, 0.3) is 5.91 Å². The van der Waals surface area contributed by atoms with Crippen LogP contribution in [0.3, 0.4) is 0 Å². The largest absolute Gasteiger partial charge is 0.439 e. The van der Waals surface area contributed by atoms with Gasteiger partial charge in [-0.1, -0.05) is 29.4 Å². The van der Waals surface area contributed by atoms with E-state index in [0.717, 1.165) is 5.56 Å². The van der Waals surface area contributed by atoms with Crippen molar-refractivity contribution < 1.29 is 21.9 Å². The number of hydrogen-bond donors (Lipinski definition) is 2. The van der Waals surface area contributed by atoms with Crippen molar-refractivity contribution in [2.45, 2.75) is 18.7 Å². The molecule has 0 aliphatic rings. The summed E-state index contributed by atoms with van der Waals surface area (Å²) in [6.45, 7) is 3.49. The van der Waals surface area contributed by atoms with Gasteiger partial charge in [-0.05, 0) is 67.4 Å². The maximum Gasteiger partial charge on any atom is 0.439 e. The zero-order chi connectivity index (χ0) is 23.6. The van der Waals surface area contributed by atoms with Gasteiger partial charge in [-0.25, -0.2) is 4.79 Å². The van der Waals surface area contributed by atoms with Crippen LogP contribution in [0.4, 0.5) is 5.69 Å². The number of nitrogens with one attached hydrogen (secondary N) is 2. The van der Waals surface area contributed by atoms with Crippen molar-refractivity contribution in [3.8, 4) is 17.1 Å². The Hall–Kier alpha value is -4.18. The normalized spacial score (nSPS) is 11.2. The van der Waals surface area contributed by atoms with Gasteiger partial charge in [0.2, 0.25) is 0 Å². The van der Waals surface area contributed by atoms with Crippen LogP contribution in [0.15, 0.2) is 80.9 Å². The molecule has 1 aromatic heterocycles. The lowest BCUT2D eigenvalue weighted by Gasteiger charge is -2.11. The maximum absolute atomic E-state index is 12.6. The quantitative estimate of drug-likeness (QED) is 0.415. The first-order valence-corrected chi connectivity index (χ1v) is 11.2. The van der Waals surface area contributed by atoms with Crippen LogP contribution in [-0.4, -0.2) is 24.5 Å². The highest BCUT2D eigenvalue weighted by Gasteiger charge is 2.20. The molecule has 3 aromatic carbocycles. The zero-order valence-corrected chi connectivity index (χ0v) is 18.5. The smallest absolute Gasteiger partial charge is 0.379 e. The molecule has 10 heteroatoms. The molecule has 1 heterocycles. The van der Waals surface area contributed by atoms with E-state index in [0.29, 0.717) is 22.4 Å². The second-order valence-electron chi connectivity index (χ2n) is 7.31. The molecule has 0 atom stereocenters. The average Bonchev–Trinajstić information content (AvgIpc) is 3.22. The van der Waals surface area contributed by atoms with E-state index in [2.05, 4.69) is 20.0 Å². The second-order valence-corrected chi connectivity index (χ2v) is 8.82. The highest BCUT2D eigenvalue weighted by Crippen LogP contribution is 2.23. The molecular formula is C23H19N3O6S. The summed E-state index contributed by atoms with van der Waals surface area (Å²) in [6, 6.07) is 17.5. The van der Waals surface area contributed by atoms with Crippen molar-refractivity contribution >= 4 is 21.7 Å². The van der Waals surface area contributed by atoms with E-state index < -0.39 is 21.8 Å². The summed E-state index contributed by atoms with van der Waals surface area (Å²) in [7, 11) is -4.02. The average molecular weight is 465 g/mol. The van der Waals surface area contributed by atoms with E-state index in [1.807, 2.05) is 6.07 Å². The molecular weight excluding hydrogens is 446 g/mol. The van der Waals surface area contributed by atoms with Crippen LogP contribution >= 0.6 is 0 Å². The van der Waals surface area contributed by atoms with Gasteiger partial charge in [0.15, 0.2) is 5.82 Å². The summed E-state index contributed by atoms with van der Waals surface area (Å²) < 4.78 is 35.0. The maximum atomic E-state index is 12.6. The molecule has 9 nitrogen and oxygen atoms in total. The van der Waals surface area contributed by atoms with Crippen molar-refractivity contribution in [3.63, 3.8) is 0 Å². The lowest BCUT2D eigenvalue weighted by Crippen LogP contribution is -2.13. The van der Waals surface area contributed by atoms with E-state index in [9.17, 15) is 18.0 Å². The number of H-pyrrole nitrogens is 1. The van der Waals surface area contributed by atoms with Crippen molar-refractivity contribution in [2.75, 3.05) is 5.32 Å². The Balaban J connectivity index is 1.48. The van der Waals surface area contributed by atoms with Gasteiger partial charge in [0.1, 0.15) is 10.6 Å². The molecule has 0 fully saturated rings. The minimum absolute atomic E-state index is 0.0874. The summed E-state index contributed by atoms with van der Waals surface area (Å²) in [4.78, 5) is 26.3. The molecule has 0 saturated heterocycles. The third-order valence-electron chi connectivity index (χ3n) is 4.77. The highest BCUT2D eigenvalue weighted by atomic mass is 32.2. The Morgan fingerprint density at radius 3 is 2.48 bits per heavy atom. The van der Waals surface area contributed by atoms with E-state index in [-0.39, 0.29) is 16.5 Å². The summed E-state index contributed by atoms with van der Waals surface area (Å²) in [6.07, 6.45) is 0. The fourth-order valence-electron chi connectivity index (χ4n) is 3.11. The first-order valence-electron chi connectivity index (χ1n) is 9.81. The molecule has 0 spiro atoms. The molecule has 0 aliphatic heterocycles. The number of nitrogens with zero attached hydrogens (tertiary/aromatic N) is 1. The summed E-state index contributed by atoms with van der Waals surface area (Å²) in [5.41, 5.74) is 2.70. The molecule has 0 radical (unpaired) electrons. The number of carbonyl (C=O) groups is 1. The van der Waals surface area contributed by atoms with Crippen molar-refractivity contribution in [3.05, 3.63) is 94.0 Å². The lowest BCUT2D eigenvalue weighted by atomic mass is 10.1. The van der Waals surface area contributed by atoms with Crippen LogP contribution < -0.4 is 15.3 Å². The third-order valence-corrected chi connectivity index (χ3v) is 6.16. The number of amides is 1. The second kappa shape index (κ2) is 8.75. The zero-order valence-electron chi connectivity index (χ0n) is 17.7. The molecule has 0 unspecified atom stereocenters. The number of rotatable bonds is 6. The number of benzene rings is 3. The third kappa shape index (κ3) is 5.01. The minimum atomic E-state index is -4.02. The van der Waals surface area contributed by atoms with Gasteiger partial charge < -0.3 is 9.50 Å². The number of hydrogen-bond acceptors (Lipinski definition) is 7. The van der Waals surface area contributed by atoms with Crippen LogP contribution in [0.1, 0.15) is 21.5 Å². The van der Waals surface area contributed by atoms with Gasteiger partial charge in [0, 0.05) is 16.8 Å². The van der Waals surface area contributed by atoms with Crippen LogP contribution in [0, 0.1) is 13.8 Å². The standard InChI is InChI=1S/C23H19N3O6S/c1-14-6-7-15(2)20(12-14)33(29,30)32-19-10-8-16(9-11-19)22(27)24-18-5-3-4-17(13-18)21-25-23(28)31-26-21/h3-13H,1-2H3,(H,24,27)(H,25,26,28). The number of aryl methyl sites for hydroxylation is 2. The van der Waals surface area contributed by atoms with E-state index >= 15 is 0 Å². The van der Waals surface area contributed by atoms with Gasteiger partial charge in [0.05, 0.1) is 0 Å². The Kier molecular flexibility index (Phi) is 5.84. The molecule has 0 saturated carbocycles. The Morgan fingerprint density at radius 1 is 1.03 bits per heavy atom. The lowest BCUT2D eigenvalue weighted by molar-refractivity contribution is 0.102. The number of aromatic amines is 1. The number of carbonyl (C=O) groups excluding carboxylic acids is 1. The van der Waals surface area contributed by atoms with Crippen LogP contribution in [0.2, 0.25) is 0 Å². The highest BCUT2D eigenvalue weighted by molar-refractivity contribution is 7.87. The molecule has 0 aliphatic carbocycles. The fourth-order valence-corrected chi connectivity index (χ4v) is 4.36. The molecule has 33 heavy (non-hydrogen) atoms. The number of anilines is 1. The molecule has 1 amide bonds. The molecule has 168 valence electrons. The fraction of sp³-hybridized carbons (Fsp3) is 0.0870. The summed E-state index contributed by atoms with van der Waals surface area (Å²) >= 11 is 0. The predicted octanol–water partition coefficient (Wildman–Crippen LogP) is 3.67. The van der Waals surface area contributed by atoms with Crippen molar-refractivity contribution in [1.29, 1.82) is 0 Å². The Bertz CT molecular complexity index is 1490. The SMILES string of the molecule is Cc1ccc(C)c(S(=O)(=O)Oc2ccc(C(=O)Nc3cccc(-c4noc(=O)[nH]4)c3)cc2)c1. The summed E-state index contributed by atoms with van der Waals surface area (Å²) in [5.74, 6) is -0.766. The first kappa shape index (κ1) is 22.0. The first-order chi connectivity index (χ1) is 15.7. The molecule has 4 aromatic rings. The van der Waals surface area contributed by atoms with E-state index in [1.165, 1.54) is 24.3 Å². The van der Waals surface area contributed by atoms with Crippen LogP contribution in [0.25, 0.3) is 11.4 Å². The number of aromatic nitrogens is 2.